The fourth-order valence-electron chi connectivity index (χ4n) is 0.783. The van der Waals surface area contributed by atoms with Crippen LogP contribution in [0.4, 0.5) is 0 Å². The van der Waals surface area contributed by atoms with E-state index >= 15 is 0 Å². The monoisotopic (exact) mass is 135 g/mol. The Balaban J connectivity index is 3.25. The molecule has 0 bridgehead atoms. The quantitative estimate of drug-likeness (QED) is 0.562. The first kappa shape index (κ1) is 6.74. The first-order chi connectivity index (χ1) is 4.79. The predicted molar refractivity (Wildman–Crippen MR) is 42.0 cm³/mol. The number of rotatable bonds is 2. The van der Waals surface area contributed by atoms with E-state index in [0.717, 1.165) is 11.3 Å². The van der Waals surface area contributed by atoms with Gasteiger partial charge in [0.2, 0.25) is 0 Å². The second-order valence-corrected chi connectivity index (χ2v) is 1.95. The number of hydrogen-bond acceptors (Lipinski definition) is 2. The number of aryl methyl sites for hydroxylation is 1. The lowest BCUT2D eigenvalue weighted by atomic mass is 10.3. The van der Waals surface area contributed by atoms with Gasteiger partial charge < -0.3 is 0 Å². The standard InChI is InChI=1S/C7H9N3/c1-4-7-6(2)5-9-10(7)8-3/h4-5H,1,3H2,2H3. The second kappa shape index (κ2) is 2.47. The lowest BCUT2D eigenvalue weighted by molar-refractivity contribution is 0.740. The maximum absolute atomic E-state index is 3.92. The van der Waals surface area contributed by atoms with Crippen molar-refractivity contribution in [1.29, 1.82) is 0 Å². The minimum atomic E-state index is 0.898. The highest BCUT2D eigenvalue weighted by Crippen LogP contribution is 2.06. The van der Waals surface area contributed by atoms with Crippen LogP contribution in [0.25, 0.3) is 6.08 Å². The maximum Gasteiger partial charge on any atom is 0.0895 e. The van der Waals surface area contributed by atoms with Gasteiger partial charge in [0.05, 0.1) is 11.9 Å². The predicted octanol–water partition coefficient (Wildman–Crippen LogP) is 1.30. The molecule has 1 aromatic rings. The van der Waals surface area contributed by atoms with Crippen LogP contribution in [0.1, 0.15) is 11.3 Å². The SMILES string of the molecule is C=Cc1c(C)cnn1N=C. The van der Waals surface area contributed by atoms with Gasteiger partial charge in [0.15, 0.2) is 0 Å². The van der Waals surface area contributed by atoms with Crippen LogP contribution in [0.3, 0.4) is 0 Å². The zero-order valence-corrected chi connectivity index (χ0v) is 5.91. The van der Waals surface area contributed by atoms with E-state index in [1.165, 1.54) is 4.79 Å². The lowest BCUT2D eigenvalue weighted by Gasteiger charge is -1.92. The summed E-state index contributed by atoms with van der Waals surface area (Å²) in [5, 5.41) is 7.57. The van der Waals surface area contributed by atoms with E-state index < -0.39 is 0 Å². The van der Waals surface area contributed by atoms with Gasteiger partial charge >= 0.3 is 0 Å². The smallest absolute Gasteiger partial charge is 0.0895 e. The summed E-state index contributed by atoms with van der Waals surface area (Å²) < 4.78 is 0. The Bertz CT molecular complexity index is 260. The molecule has 0 radical (unpaired) electrons. The van der Waals surface area contributed by atoms with Gasteiger partial charge in [-0.2, -0.15) is 15.0 Å². The van der Waals surface area contributed by atoms with Crippen molar-refractivity contribution in [3.63, 3.8) is 0 Å². The molecule has 1 heterocycles. The molecule has 0 unspecified atom stereocenters. The average molecular weight is 135 g/mol. The molecule has 0 aliphatic carbocycles. The fourth-order valence-corrected chi connectivity index (χ4v) is 0.783. The van der Waals surface area contributed by atoms with Crippen molar-refractivity contribution in [1.82, 2.24) is 9.89 Å². The van der Waals surface area contributed by atoms with Crippen LogP contribution in [0.2, 0.25) is 0 Å². The van der Waals surface area contributed by atoms with Crippen LogP contribution < -0.4 is 0 Å². The zero-order chi connectivity index (χ0) is 7.56. The van der Waals surface area contributed by atoms with Gasteiger partial charge in [-0.3, -0.25) is 0 Å². The van der Waals surface area contributed by atoms with Crippen LogP contribution in [0.5, 0.6) is 0 Å². The Morgan fingerprint density at radius 2 is 2.50 bits per heavy atom. The van der Waals surface area contributed by atoms with Gasteiger partial charge in [0.25, 0.3) is 0 Å². The molecule has 3 nitrogen and oxygen atoms in total. The van der Waals surface area contributed by atoms with Crippen molar-refractivity contribution in [3.05, 3.63) is 24.0 Å². The summed E-state index contributed by atoms with van der Waals surface area (Å²) in [5.74, 6) is 0. The summed E-state index contributed by atoms with van der Waals surface area (Å²) in [7, 11) is 0. The van der Waals surface area contributed by atoms with E-state index in [1.807, 2.05) is 6.92 Å². The van der Waals surface area contributed by atoms with E-state index in [0.29, 0.717) is 0 Å². The van der Waals surface area contributed by atoms with E-state index in [2.05, 4.69) is 23.5 Å². The molecular weight excluding hydrogens is 126 g/mol. The largest absolute Gasteiger partial charge is 0.166 e. The van der Waals surface area contributed by atoms with Crippen LogP contribution >= 0.6 is 0 Å². The van der Waals surface area contributed by atoms with E-state index in [1.54, 1.807) is 12.3 Å². The summed E-state index contributed by atoms with van der Waals surface area (Å²) in [6.07, 6.45) is 3.43. The van der Waals surface area contributed by atoms with Gasteiger partial charge in [0, 0.05) is 6.72 Å². The number of nitrogens with zero attached hydrogens (tertiary/aromatic N) is 3. The molecule has 1 rings (SSSR count). The average Bonchev–Trinajstić information content (AvgIpc) is 2.30. The molecule has 0 aliphatic rings. The van der Waals surface area contributed by atoms with Crippen molar-refractivity contribution >= 4 is 12.8 Å². The van der Waals surface area contributed by atoms with E-state index in [9.17, 15) is 0 Å². The van der Waals surface area contributed by atoms with Crippen LogP contribution in [-0.2, 0) is 0 Å². The van der Waals surface area contributed by atoms with E-state index in [-0.39, 0.29) is 0 Å². The van der Waals surface area contributed by atoms with Gasteiger partial charge in [-0.05, 0) is 18.6 Å². The van der Waals surface area contributed by atoms with E-state index in [4.69, 9.17) is 0 Å². The molecule has 0 amide bonds. The third-order valence-corrected chi connectivity index (χ3v) is 1.31. The van der Waals surface area contributed by atoms with Gasteiger partial charge in [-0.15, -0.1) is 0 Å². The summed E-state index contributed by atoms with van der Waals surface area (Å²) in [6, 6.07) is 0. The molecule has 0 atom stereocenters. The Kier molecular flexibility index (Phi) is 1.67. The van der Waals surface area contributed by atoms with Crippen LogP contribution in [-0.4, -0.2) is 16.6 Å². The highest BCUT2D eigenvalue weighted by Gasteiger charge is 1.99. The summed E-state index contributed by atoms with van der Waals surface area (Å²) in [5.41, 5.74) is 1.96. The molecule has 0 aromatic carbocycles. The molecule has 10 heavy (non-hydrogen) atoms. The molecule has 0 spiro atoms. The van der Waals surface area contributed by atoms with Crippen molar-refractivity contribution in [2.24, 2.45) is 5.10 Å². The van der Waals surface area contributed by atoms with Gasteiger partial charge in [0.1, 0.15) is 0 Å². The highest BCUT2D eigenvalue weighted by atomic mass is 15.5. The number of hydrogen-bond donors (Lipinski definition) is 0. The lowest BCUT2D eigenvalue weighted by Crippen LogP contribution is -1.91. The van der Waals surface area contributed by atoms with Crippen LogP contribution in [0.15, 0.2) is 17.9 Å². The Morgan fingerprint density at radius 3 is 2.90 bits per heavy atom. The second-order valence-electron chi connectivity index (χ2n) is 1.95. The minimum absolute atomic E-state index is 0.898. The van der Waals surface area contributed by atoms with Crippen molar-refractivity contribution in [2.75, 3.05) is 0 Å². The topological polar surface area (TPSA) is 30.2 Å². The van der Waals surface area contributed by atoms with Crippen molar-refractivity contribution in [2.45, 2.75) is 6.92 Å². The molecular formula is C7H9N3. The molecule has 52 valence electrons. The maximum atomic E-state index is 3.92. The van der Waals surface area contributed by atoms with Gasteiger partial charge in [-0.25, -0.2) is 0 Å². The summed E-state index contributed by atoms with van der Waals surface area (Å²) in [6.45, 7) is 8.93. The first-order valence-corrected chi connectivity index (χ1v) is 2.93. The Morgan fingerprint density at radius 1 is 1.80 bits per heavy atom. The molecule has 0 aliphatic heterocycles. The molecule has 1 aromatic heterocycles. The van der Waals surface area contributed by atoms with Crippen LogP contribution in [0, 0.1) is 6.92 Å². The normalized spacial score (nSPS) is 9.30. The zero-order valence-electron chi connectivity index (χ0n) is 5.91. The summed E-state index contributed by atoms with van der Waals surface area (Å²) >= 11 is 0. The van der Waals surface area contributed by atoms with Crippen molar-refractivity contribution < 1.29 is 0 Å². The van der Waals surface area contributed by atoms with Crippen molar-refractivity contribution in [3.8, 4) is 0 Å². The Hall–Kier alpha value is -1.38. The molecule has 0 saturated heterocycles. The summed E-state index contributed by atoms with van der Waals surface area (Å²) in [4.78, 5) is 1.45. The third kappa shape index (κ3) is 0.857. The first-order valence-electron chi connectivity index (χ1n) is 2.93. The molecule has 0 fully saturated rings. The highest BCUT2D eigenvalue weighted by molar-refractivity contribution is 5.46. The molecule has 0 N–H and O–H groups in total. The number of aromatic nitrogens is 2. The third-order valence-electron chi connectivity index (χ3n) is 1.31. The Labute approximate surface area is 59.7 Å². The fraction of sp³-hybridized carbons (Fsp3) is 0.143. The molecule has 0 saturated carbocycles. The minimum Gasteiger partial charge on any atom is -0.166 e. The van der Waals surface area contributed by atoms with Gasteiger partial charge in [-0.1, -0.05) is 6.58 Å². The molecule has 3 heteroatoms.